The molecule has 0 saturated heterocycles. The van der Waals surface area contributed by atoms with Gasteiger partial charge in [-0.25, -0.2) is 0 Å². The van der Waals surface area contributed by atoms with Crippen LogP contribution in [0, 0.1) is 11.3 Å². The standard InChI is InChI=1S/C9H8N4/c10-4-3-6-1-2-8(11)9-7(6)5-12-13-9/h1-2,5H,3,11H2,(H,12,13). The molecule has 3 N–H and O–H groups in total. The van der Waals surface area contributed by atoms with Gasteiger partial charge in [-0.15, -0.1) is 0 Å². The van der Waals surface area contributed by atoms with E-state index < -0.39 is 0 Å². The number of fused-ring (bicyclic) bond motifs is 1. The lowest BCUT2D eigenvalue weighted by molar-refractivity contribution is 1.12. The fraction of sp³-hybridized carbons (Fsp3) is 0.111. The van der Waals surface area contributed by atoms with Gasteiger partial charge in [-0.2, -0.15) is 10.4 Å². The molecule has 0 aliphatic heterocycles. The van der Waals surface area contributed by atoms with Crippen LogP contribution in [0.1, 0.15) is 5.56 Å². The molecule has 2 rings (SSSR count). The number of nitrogens with two attached hydrogens (primary N) is 1. The number of nitrogen functional groups attached to an aromatic ring is 1. The Hall–Kier alpha value is -2.02. The average molecular weight is 172 g/mol. The Morgan fingerprint density at radius 2 is 2.38 bits per heavy atom. The van der Waals surface area contributed by atoms with Gasteiger partial charge in [0.2, 0.25) is 0 Å². The lowest BCUT2D eigenvalue weighted by Crippen LogP contribution is -1.89. The van der Waals surface area contributed by atoms with Gasteiger partial charge < -0.3 is 5.73 Å². The number of benzene rings is 1. The highest BCUT2D eigenvalue weighted by Gasteiger charge is 2.04. The summed E-state index contributed by atoms with van der Waals surface area (Å²) in [5, 5.41) is 16.2. The van der Waals surface area contributed by atoms with E-state index in [4.69, 9.17) is 11.0 Å². The van der Waals surface area contributed by atoms with Crippen molar-refractivity contribution in [1.29, 1.82) is 5.26 Å². The Balaban J connectivity index is 2.72. The van der Waals surface area contributed by atoms with Gasteiger partial charge in [0.05, 0.1) is 29.9 Å². The maximum atomic E-state index is 8.57. The van der Waals surface area contributed by atoms with E-state index in [-0.39, 0.29) is 0 Å². The van der Waals surface area contributed by atoms with Crippen LogP contribution in [-0.2, 0) is 6.42 Å². The number of hydrogen-bond donors (Lipinski definition) is 2. The molecule has 0 atom stereocenters. The predicted molar refractivity (Wildman–Crippen MR) is 49.8 cm³/mol. The van der Waals surface area contributed by atoms with Crippen molar-refractivity contribution in [3.63, 3.8) is 0 Å². The molecule has 0 fully saturated rings. The number of rotatable bonds is 1. The van der Waals surface area contributed by atoms with Gasteiger partial charge in [0.15, 0.2) is 0 Å². The van der Waals surface area contributed by atoms with Crippen molar-refractivity contribution in [2.45, 2.75) is 6.42 Å². The van der Waals surface area contributed by atoms with Crippen LogP contribution >= 0.6 is 0 Å². The minimum Gasteiger partial charge on any atom is -0.397 e. The predicted octanol–water partition coefficient (Wildman–Crippen LogP) is 1.21. The van der Waals surface area contributed by atoms with E-state index in [1.165, 1.54) is 0 Å². The van der Waals surface area contributed by atoms with E-state index in [9.17, 15) is 0 Å². The Morgan fingerprint density at radius 1 is 1.54 bits per heavy atom. The summed E-state index contributed by atoms with van der Waals surface area (Å²) in [7, 11) is 0. The molecule has 0 aliphatic carbocycles. The highest BCUT2D eigenvalue weighted by molar-refractivity contribution is 5.91. The fourth-order valence-corrected chi connectivity index (χ4v) is 1.35. The number of aromatic amines is 1. The first-order valence-corrected chi connectivity index (χ1v) is 3.90. The molecule has 4 heteroatoms. The van der Waals surface area contributed by atoms with E-state index >= 15 is 0 Å². The van der Waals surface area contributed by atoms with Gasteiger partial charge in [0.25, 0.3) is 0 Å². The van der Waals surface area contributed by atoms with Crippen LogP contribution in [0.4, 0.5) is 5.69 Å². The van der Waals surface area contributed by atoms with E-state index in [0.29, 0.717) is 12.1 Å². The van der Waals surface area contributed by atoms with E-state index in [0.717, 1.165) is 16.5 Å². The molecular formula is C9H8N4. The summed E-state index contributed by atoms with van der Waals surface area (Å²) in [5.41, 5.74) is 8.14. The van der Waals surface area contributed by atoms with Gasteiger partial charge in [0, 0.05) is 5.39 Å². The first kappa shape index (κ1) is 7.62. The van der Waals surface area contributed by atoms with E-state index in [1.807, 2.05) is 6.07 Å². The highest BCUT2D eigenvalue weighted by Crippen LogP contribution is 2.22. The van der Waals surface area contributed by atoms with Gasteiger partial charge in [-0.3, -0.25) is 5.10 Å². The van der Waals surface area contributed by atoms with Crippen molar-refractivity contribution < 1.29 is 0 Å². The van der Waals surface area contributed by atoms with Crippen molar-refractivity contribution in [1.82, 2.24) is 10.2 Å². The third-order valence-electron chi connectivity index (χ3n) is 2.01. The van der Waals surface area contributed by atoms with Crippen molar-refractivity contribution >= 4 is 16.6 Å². The molecule has 1 heterocycles. The number of nitrogens with zero attached hydrogens (tertiary/aromatic N) is 2. The summed E-state index contributed by atoms with van der Waals surface area (Å²) in [6.07, 6.45) is 2.08. The molecule has 1 aromatic heterocycles. The molecule has 4 nitrogen and oxygen atoms in total. The van der Waals surface area contributed by atoms with Crippen molar-refractivity contribution in [3.05, 3.63) is 23.9 Å². The van der Waals surface area contributed by atoms with Crippen LogP contribution in [0.3, 0.4) is 0 Å². The summed E-state index contributed by atoms with van der Waals surface area (Å²) in [4.78, 5) is 0. The van der Waals surface area contributed by atoms with Crippen LogP contribution in [0.25, 0.3) is 10.9 Å². The first-order chi connectivity index (χ1) is 6.33. The van der Waals surface area contributed by atoms with E-state index in [1.54, 1.807) is 12.3 Å². The van der Waals surface area contributed by atoms with Gasteiger partial charge in [0.1, 0.15) is 0 Å². The van der Waals surface area contributed by atoms with Crippen LogP contribution < -0.4 is 5.73 Å². The van der Waals surface area contributed by atoms with Gasteiger partial charge >= 0.3 is 0 Å². The lowest BCUT2D eigenvalue weighted by atomic mass is 10.1. The molecule has 0 unspecified atom stereocenters. The number of aromatic nitrogens is 2. The second-order valence-corrected chi connectivity index (χ2v) is 2.81. The molecule has 0 amide bonds. The topological polar surface area (TPSA) is 78.5 Å². The van der Waals surface area contributed by atoms with Crippen LogP contribution in [0.15, 0.2) is 18.3 Å². The first-order valence-electron chi connectivity index (χ1n) is 3.90. The Morgan fingerprint density at radius 3 is 3.15 bits per heavy atom. The maximum Gasteiger partial charge on any atom is 0.0882 e. The van der Waals surface area contributed by atoms with Gasteiger partial charge in [-0.1, -0.05) is 6.07 Å². The molecule has 13 heavy (non-hydrogen) atoms. The summed E-state index contributed by atoms with van der Waals surface area (Å²) in [6.45, 7) is 0. The minimum atomic E-state index is 0.385. The van der Waals surface area contributed by atoms with Crippen LogP contribution in [0.5, 0.6) is 0 Å². The third kappa shape index (κ3) is 1.11. The monoisotopic (exact) mass is 172 g/mol. The summed E-state index contributed by atoms with van der Waals surface area (Å²) in [5.74, 6) is 0. The molecule has 0 aliphatic rings. The number of H-pyrrole nitrogens is 1. The summed E-state index contributed by atoms with van der Waals surface area (Å²) in [6, 6.07) is 5.75. The maximum absolute atomic E-state index is 8.57. The Kier molecular flexibility index (Phi) is 1.64. The molecular weight excluding hydrogens is 164 g/mol. The number of anilines is 1. The number of hydrogen-bond acceptors (Lipinski definition) is 3. The summed E-state index contributed by atoms with van der Waals surface area (Å²) >= 11 is 0. The minimum absolute atomic E-state index is 0.385. The quantitative estimate of drug-likeness (QED) is 0.634. The normalized spacial score (nSPS) is 10.1. The molecule has 0 spiro atoms. The SMILES string of the molecule is N#CCc1ccc(N)c2[nH]ncc12. The Bertz CT molecular complexity index is 478. The van der Waals surface area contributed by atoms with Crippen molar-refractivity contribution in [3.8, 4) is 6.07 Å². The zero-order chi connectivity index (χ0) is 9.26. The molecule has 0 saturated carbocycles. The van der Waals surface area contributed by atoms with Crippen LogP contribution in [0.2, 0.25) is 0 Å². The van der Waals surface area contributed by atoms with Crippen molar-refractivity contribution in [2.24, 2.45) is 0 Å². The fourth-order valence-electron chi connectivity index (χ4n) is 1.35. The summed E-state index contributed by atoms with van der Waals surface area (Å²) < 4.78 is 0. The second-order valence-electron chi connectivity index (χ2n) is 2.81. The smallest absolute Gasteiger partial charge is 0.0882 e. The number of nitriles is 1. The average Bonchev–Trinajstić information content (AvgIpc) is 2.59. The van der Waals surface area contributed by atoms with Crippen molar-refractivity contribution in [2.75, 3.05) is 5.73 Å². The molecule has 2 aromatic rings. The van der Waals surface area contributed by atoms with Gasteiger partial charge in [-0.05, 0) is 11.6 Å². The molecule has 0 bridgehead atoms. The third-order valence-corrected chi connectivity index (χ3v) is 2.01. The highest BCUT2D eigenvalue weighted by atomic mass is 15.1. The largest absolute Gasteiger partial charge is 0.397 e. The lowest BCUT2D eigenvalue weighted by Gasteiger charge is -1.99. The Labute approximate surface area is 75.0 Å². The molecule has 0 radical (unpaired) electrons. The zero-order valence-electron chi connectivity index (χ0n) is 6.91. The van der Waals surface area contributed by atoms with E-state index in [2.05, 4.69) is 16.3 Å². The molecule has 1 aromatic carbocycles. The van der Waals surface area contributed by atoms with Crippen LogP contribution in [-0.4, -0.2) is 10.2 Å². The molecule has 64 valence electrons. The number of nitrogens with one attached hydrogen (secondary N) is 1. The zero-order valence-corrected chi connectivity index (χ0v) is 6.91. The second kappa shape index (κ2) is 2.79.